The quantitative estimate of drug-likeness (QED) is 0.679. The molecule has 0 unspecified atom stereocenters. The van der Waals surface area contributed by atoms with Gasteiger partial charge in [-0.15, -0.1) is 0 Å². The lowest BCUT2D eigenvalue weighted by Crippen LogP contribution is -2.36. The summed E-state index contributed by atoms with van der Waals surface area (Å²) < 4.78 is 0. The van der Waals surface area contributed by atoms with Crippen LogP contribution < -0.4 is 11.1 Å². The molecule has 1 aromatic rings. The predicted octanol–water partition coefficient (Wildman–Crippen LogP) is -0.0770. The van der Waals surface area contributed by atoms with Gasteiger partial charge in [-0.1, -0.05) is 30.3 Å². The molecule has 1 fully saturated rings. The number of hydrogen-bond acceptors (Lipinski definition) is 2. The molecule has 1 heterocycles. The largest absolute Gasteiger partial charge is 0.368 e. The molecule has 0 aliphatic carbocycles. The molecule has 0 saturated carbocycles. The highest BCUT2D eigenvalue weighted by atomic mass is 16.1. The first-order valence-corrected chi connectivity index (χ1v) is 5.57. The summed E-state index contributed by atoms with van der Waals surface area (Å²) in [6, 6.07) is 10.3. The topological polar surface area (TPSA) is 82.2 Å². The summed E-state index contributed by atoms with van der Waals surface area (Å²) >= 11 is 0. The van der Waals surface area contributed by atoms with Crippen molar-refractivity contribution in [2.75, 3.05) is 13.1 Å². The highest BCUT2D eigenvalue weighted by molar-refractivity contribution is 5.85. The van der Waals surface area contributed by atoms with E-state index in [0.29, 0.717) is 6.54 Å². The minimum atomic E-state index is -0.406. The fourth-order valence-electron chi connectivity index (χ4n) is 2.03. The van der Waals surface area contributed by atoms with Gasteiger partial charge in [0.1, 0.15) is 0 Å². The molecule has 0 aromatic heterocycles. The van der Waals surface area contributed by atoms with Crippen LogP contribution in [0.1, 0.15) is 5.56 Å². The van der Waals surface area contributed by atoms with Crippen molar-refractivity contribution in [2.24, 2.45) is 5.73 Å². The van der Waals surface area contributed by atoms with Crippen LogP contribution in [0.5, 0.6) is 0 Å². The van der Waals surface area contributed by atoms with Gasteiger partial charge in [0.25, 0.3) is 0 Å². The van der Waals surface area contributed by atoms with Crippen LogP contribution in [-0.4, -0.2) is 35.9 Å². The molecule has 17 heavy (non-hydrogen) atoms. The van der Waals surface area contributed by atoms with Crippen LogP contribution in [-0.2, 0) is 11.2 Å². The van der Waals surface area contributed by atoms with E-state index in [-0.39, 0.29) is 18.5 Å². The Hall–Kier alpha value is -2.04. The van der Waals surface area contributed by atoms with Crippen LogP contribution in [0.25, 0.3) is 0 Å². The van der Waals surface area contributed by atoms with Crippen LogP contribution in [0.15, 0.2) is 30.3 Å². The first-order valence-electron chi connectivity index (χ1n) is 5.57. The average Bonchev–Trinajstić information content (AvgIpc) is 2.59. The van der Waals surface area contributed by atoms with E-state index < -0.39 is 5.91 Å². The Bertz CT molecular complexity index is 418. The molecule has 90 valence electrons. The Balaban J connectivity index is 1.93. The third kappa shape index (κ3) is 2.96. The Morgan fingerprint density at radius 3 is 2.82 bits per heavy atom. The molecule has 2 rings (SSSR count). The van der Waals surface area contributed by atoms with Crippen LogP contribution in [0.3, 0.4) is 0 Å². The van der Waals surface area contributed by atoms with Crippen LogP contribution in [0.2, 0.25) is 0 Å². The van der Waals surface area contributed by atoms with Gasteiger partial charge < -0.3 is 16.0 Å². The van der Waals surface area contributed by atoms with Crippen molar-refractivity contribution in [1.82, 2.24) is 10.2 Å². The molecular formula is C12H16N4O. The molecule has 1 amide bonds. The van der Waals surface area contributed by atoms with Gasteiger partial charge in [-0.2, -0.15) is 0 Å². The summed E-state index contributed by atoms with van der Waals surface area (Å²) in [7, 11) is 0. The molecule has 1 saturated heterocycles. The van der Waals surface area contributed by atoms with Gasteiger partial charge in [-0.25, -0.2) is 0 Å². The van der Waals surface area contributed by atoms with E-state index in [1.54, 1.807) is 4.90 Å². The lowest BCUT2D eigenvalue weighted by atomic mass is 10.1. The zero-order chi connectivity index (χ0) is 12.3. The van der Waals surface area contributed by atoms with Gasteiger partial charge in [0, 0.05) is 6.54 Å². The van der Waals surface area contributed by atoms with Gasteiger partial charge in [0.05, 0.1) is 12.6 Å². The summed E-state index contributed by atoms with van der Waals surface area (Å²) in [5.41, 5.74) is 6.35. The van der Waals surface area contributed by atoms with E-state index in [4.69, 9.17) is 11.1 Å². The lowest BCUT2D eigenvalue weighted by Gasteiger charge is -2.13. The molecule has 0 spiro atoms. The second-order valence-corrected chi connectivity index (χ2v) is 4.23. The summed E-state index contributed by atoms with van der Waals surface area (Å²) in [5, 5.41) is 10.8. The van der Waals surface area contributed by atoms with Crippen molar-refractivity contribution in [3.63, 3.8) is 0 Å². The molecule has 1 aliphatic heterocycles. The maximum absolute atomic E-state index is 10.8. The summed E-state index contributed by atoms with van der Waals surface area (Å²) in [6.45, 7) is 0.758. The molecule has 4 N–H and O–H groups in total. The molecule has 0 bridgehead atoms. The molecule has 5 heteroatoms. The van der Waals surface area contributed by atoms with E-state index in [9.17, 15) is 4.79 Å². The average molecular weight is 232 g/mol. The number of rotatable bonds is 4. The van der Waals surface area contributed by atoms with Crippen LogP contribution in [0, 0.1) is 5.41 Å². The number of guanidine groups is 1. The Labute approximate surface area is 100 Å². The standard InChI is InChI=1S/C12H16N4O/c13-11(17)8-16-7-10(15-12(16)14)6-9-4-2-1-3-5-9/h1-5,10H,6-8H2,(H2,13,17)(H2,14,15)/t10-/m0/s1. The van der Waals surface area contributed by atoms with Crippen LogP contribution in [0.4, 0.5) is 0 Å². The molecule has 5 nitrogen and oxygen atoms in total. The zero-order valence-electron chi connectivity index (χ0n) is 9.52. The van der Waals surface area contributed by atoms with Crippen molar-refractivity contribution >= 4 is 11.9 Å². The Morgan fingerprint density at radius 2 is 2.18 bits per heavy atom. The fourth-order valence-corrected chi connectivity index (χ4v) is 2.03. The van der Waals surface area contributed by atoms with Crippen LogP contribution >= 0.6 is 0 Å². The molecular weight excluding hydrogens is 216 g/mol. The molecule has 1 atom stereocenters. The van der Waals surface area contributed by atoms with Gasteiger partial charge in [-0.3, -0.25) is 10.2 Å². The third-order valence-corrected chi connectivity index (χ3v) is 2.77. The Kier molecular flexibility index (Phi) is 3.27. The first kappa shape index (κ1) is 11.4. The molecule has 0 radical (unpaired) electrons. The highest BCUT2D eigenvalue weighted by Gasteiger charge is 2.26. The van der Waals surface area contributed by atoms with Crippen molar-refractivity contribution in [1.29, 1.82) is 5.41 Å². The SMILES string of the molecule is N=C1N[C@@H](Cc2ccccc2)CN1CC(N)=O. The van der Waals surface area contributed by atoms with Gasteiger partial charge in [0.15, 0.2) is 5.96 Å². The number of nitrogens with one attached hydrogen (secondary N) is 2. The van der Waals surface area contributed by atoms with E-state index in [0.717, 1.165) is 6.42 Å². The summed E-state index contributed by atoms with van der Waals surface area (Å²) in [6.07, 6.45) is 0.846. The second-order valence-electron chi connectivity index (χ2n) is 4.23. The highest BCUT2D eigenvalue weighted by Crippen LogP contribution is 2.09. The van der Waals surface area contributed by atoms with Crippen molar-refractivity contribution in [2.45, 2.75) is 12.5 Å². The summed E-state index contributed by atoms with van der Waals surface area (Å²) in [5.74, 6) is -0.123. The predicted molar refractivity (Wildman–Crippen MR) is 65.6 cm³/mol. The number of amides is 1. The number of nitrogens with two attached hydrogens (primary N) is 1. The van der Waals surface area contributed by atoms with Gasteiger partial charge in [-0.05, 0) is 12.0 Å². The number of hydrogen-bond donors (Lipinski definition) is 3. The second kappa shape index (κ2) is 4.86. The number of carbonyl (C=O) groups is 1. The number of primary amides is 1. The van der Waals surface area contributed by atoms with E-state index in [1.165, 1.54) is 5.56 Å². The maximum Gasteiger partial charge on any atom is 0.237 e. The minimum absolute atomic E-state index is 0.108. The monoisotopic (exact) mass is 232 g/mol. The Morgan fingerprint density at radius 1 is 1.47 bits per heavy atom. The van der Waals surface area contributed by atoms with Crippen molar-refractivity contribution in [3.05, 3.63) is 35.9 Å². The molecule has 1 aliphatic rings. The van der Waals surface area contributed by atoms with Crippen molar-refractivity contribution in [3.8, 4) is 0 Å². The number of nitrogens with zero attached hydrogens (tertiary/aromatic N) is 1. The van der Waals surface area contributed by atoms with E-state index in [2.05, 4.69) is 17.4 Å². The smallest absolute Gasteiger partial charge is 0.237 e. The zero-order valence-corrected chi connectivity index (χ0v) is 9.52. The minimum Gasteiger partial charge on any atom is -0.368 e. The van der Waals surface area contributed by atoms with Gasteiger partial charge in [0.2, 0.25) is 5.91 Å². The summed E-state index contributed by atoms with van der Waals surface area (Å²) in [4.78, 5) is 12.5. The third-order valence-electron chi connectivity index (χ3n) is 2.77. The van der Waals surface area contributed by atoms with E-state index >= 15 is 0 Å². The fraction of sp³-hybridized carbons (Fsp3) is 0.333. The lowest BCUT2D eigenvalue weighted by molar-refractivity contribution is -0.118. The normalized spacial score (nSPS) is 19.2. The first-order chi connectivity index (χ1) is 8.15. The molecule has 1 aromatic carbocycles. The van der Waals surface area contributed by atoms with Gasteiger partial charge >= 0.3 is 0 Å². The maximum atomic E-state index is 10.8. The number of carbonyl (C=O) groups excluding carboxylic acids is 1. The number of benzene rings is 1. The van der Waals surface area contributed by atoms with Crippen molar-refractivity contribution < 1.29 is 4.79 Å². The van der Waals surface area contributed by atoms with E-state index in [1.807, 2.05) is 18.2 Å².